The van der Waals surface area contributed by atoms with Crippen molar-refractivity contribution in [2.45, 2.75) is 26.3 Å². The quantitative estimate of drug-likeness (QED) is 0.344. The van der Waals surface area contributed by atoms with Crippen molar-refractivity contribution >= 4 is 35.6 Å². The van der Waals surface area contributed by atoms with E-state index in [1.807, 2.05) is 0 Å². The highest BCUT2D eigenvalue weighted by molar-refractivity contribution is 14.0. The van der Waals surface area contributed by atoms with Gasteiger partial charge in [-0.25, -0.2) is 0 Å². The standard InChI is InChI=1S/C22H37N5O.HI/c1-4-23-22(25(3)17-20-10-15-28-18-20)24-16-19(2)26-11-13-27(14-12-26)21-8-6-5-7-9-21;/h5-9,19-20H,4,10-18H2,1-3H3,(H,23,24);1H. The zero-order chi connectivity index (χ0) is 19.8. The number of anilines is 1. The van der Waals surface area contributed by atoms with E-state index in [2.05, 4.69) is 71.2 Å². The molecule has 0 aliphatic carbocycles. The molecule has 2 heterocycles. The Morgan fingerprint density at radius 1 is 1.24 bits per heavy atom. The highest BCUT2D eigenvalue weighted by atomic mass is 127. The molecule has 1 aromatic rings. The van der Waals surface area contributed by atoms with E-state index in [0.29, 0.717) is 12.0 Å². The molecule has 164 valence electrons. The van der Waals surface area contributed by atoms with Gasteiger partial charge in [0.25, 0.3) is 0 Å². The third-order valence-corrected chi connectivity index (χ3v) is 5.82. The van der Waals surface area contributed by atoms with Crippen molar-refractivity contribution in [1.82, 2.24) is 15.1 Å². The van der Waals surface area contributed by atoms with Crippen molar-refractivity contribution < 1.29 is 4.74 Å². The second kappa shape index (κ2) is 12.6. The van der Waals surface area contributed by atoms with Gasteiger partial charge in [0.15, 0.2) is 5.96 Å². The molecule has 0 amide bonds. The molecule has 0 radical (unpaired) electrons. The topological polar surface area (TPSA) is 43.3 Å². The number of halogens is 1. The van der Waals surface area contributed by atoms with Crippen LogP contribution in [0.1, 0.15) is 20.3 Å². The number of rotatable bonds is 7. The van der Waals surface area contributed by atoms with Crippen LogP contribution in [0.2, 0.25) is 0 Å². The molecule has 2 fully saturated rings. The summed E-state index contributed by atoms with van der Waals surface area (Å²) in [6.45, 7) is 13.3. The third kappa shape index (κ3) is 7.29. The van der Waals surface area contributed by atoms with E-state index in [0.717, 1.165) is 71.4 Å². The molecule has 6 nitrogen and oxygen atoms in total. The van der Waals surface area contributed by atoms with Crippen molar-refractivity contribution in [3.63, 3.8) is 0 Å². The first-order valence-electron chi connectivity index (χ1n) is 10.8. The molecule has 7 heteroatoms. The number of nitrogens with zero attached hydrogens (tertiary/aromatic N) is 4. The van der Waals surface area contributed by atoms with Crippen LogP contribution in [0.25, 0.3) is 0 Å². The van der Waals surface area contributed by atoms with Crippen LogP contribution >= 0.6 is 24.0 Å². The maximum Gasteiger partial charge on any atom is 0.193 e. The van der Waals surface area contributed by atoms with Crippen molar-refractivity contribution in [1.29, 1.82) is 0 Å². The highest BCUT2D eigenvalue weighted by Gasteiger charge is 2.22. The summed E-state index contributed by atoms with van der Waals surface area (Å²) in [5.74, 6) is 1.64. The van der Waals surface area contributed by atoms with Crippen LogP contribution in [0, 0.1) is 5.92 Å². The molecule has 2 saturated heterocycles. The Kier molecular flexibility index (Phi) is 10.5. The minimum Gasteiger partial charge on any atom is -0.381 e. The molecule has 29 heavy (non-hydrogen) atoms. The van der Waals surface area contributed by atoms with Crippen LogP contribution in [0.15, 0.2) is 35.3 Å². The Labute approximate surface area is 193 Å². The summed E-state index contributed by atoms with van der Waals surface area (Å²) >= 11 is 0. The summed E-state index contributed by atoms with van der Waals surface area (Å²) in [6.07, 6.45) is 1.16. The first-order chi connectivity index (χ1) is 13.7. The van der Waals surface area contributed by atoms with Gasteiger partial charge in [-0.2, -0.15) is 0 Å². The molecule has 0 spiro atoms. The van der Waals surface area contributed by atoms with Crippen LogP contribution in [-0.2, 0) is 4.74 Å². The van der Waals surface area contributed by atoms with Crippen molar-refractivity contribution in [3.8, 4) is 0 Å². The minimum absolute atomic E-state index is 0. The summed E-state index contributed by atoms with van der Waals surface area (Å²) in [5, 5.41) is 3.45. The Hall–Kier alpha value is -1.06. The molecule has 1 aromatic carbocycles. The second-order valence-corrected chi connectivity index (χ2v) is 8.01. The predicted molar refractivity (Wildman–Crippen MR) is 133 cm³/mol. The molecular weight excluding hydrogens is 477 g/mol. The third-order valence-electron chi connectivity index (χ3n) is 5.82. The lowest BCUT2D eigenvalue weighted by Gasteiger charge is -2.38. The lowest BCUT2D eigenvalue weighted by Crippen LogP contribution is -2.50. The molecule has 0 bridgehead atoms. The fraction of sp³-hybridized carbons (Fsp3) is 0.682. The molecule has 2 aliphatic rings. The summed E-state index contributed by atoms with van der Waals surface area (Å²) in [5.41, 5.74) is 1.33. The van der Waals surface area contributed by atoms with E-state index < -0.39 is 0 Å². The van der Waals surface area contributed by atoms with Crippen molar-refractivity contribution in [2.75, 3.05) is 71.0 Å². The first kappa shape index (κ1) is 24.2. The van der Waals surface area contributed by atoms with Crippen LogP contribution in [-0.4, -0.2) is 87.9 Å². The van der Waals surface area contributed by atoms with Gasteiger partial charge in [0.2, 0.25) is 0 Å². The number of guanidine groups is 1. The van der Waals surface area contributed by atoms with E-state index in [1.165, 1.54) is 5.69 Å². The van der Waals surface area contributed by atoms with Crippen LogP contribution in [0.3, 0.4) is 0 Å². The van der Waals surface area contributed by atoms with Gasteiger partial charge < -0.3 is 19.9 Å². The Morgan fingerprint density at radius 2 is 1.97 bits per heavy atom. The minimum atomic E-state index is 0. The number of piperazine rings is 1. The number of para-hydroxylation sites is 1. The highest BCUT2D eigenvalue weighted by Crippen LogP contribution is 2.17. The van der Waals surface area contributed by atoms with E-state index >= 15 is 0 Å². The molecule has 1 N–H and O–H groups in total. The fourth-order valence-corrected chi connectivity index (χ4v) is 4.06. The van der Waals surface area contributed by atoms with E-state index in [9.17, 15) is 0 Å². The molecule has 0 aromatic heterocycles. The number of hydrogen-bond acceptors (Lipinski definition) is 4. The smallest absolute Gasteiger partial charge is 0.193 e. The van der Waals surface area contributed by atoms with Gasteiger partial charge in [0.1, 0.15) is 0 Å². The van der Waals surface area contributed by atoms with E-state index in [1.54, 1.807) is 0 Å². The fourth-order valence-electron chi connectivity index (χ4n) is 4.06. The largest absolute Gasteiger partial charge is 0.381 e. The Bertz CT molecular complexity index is 600. The first-order valence-corrected chi connectivity index (χ1v) is 10.8. The van der Waals surface area contributed by atoms with E-state index in [4.69, 9.17) is 9.73 Å². The van der Waals surface area contributed by atoms with E-state index in [-0.39, 0.29) is 24.0 Å². The number of benzene rings is 1. The zero-order valence-electron chi connectivity index (χ0n) is 18.2. The molecule has 3 rings (SSSR count). The molecular formula is C22H38IN5O. The monoisotopic (exact) mass is 515 g/mol. The van der Waals surface area contributed by atoms with Gasteiger partial charge in [-0.15, -0.1) is 24.0 Å². The van der Waals surface area contributed by atoms with Gasteiger partial charge in [0, 0.05) is 70.6 Å². The number of ether oxygens (including phenoxy) is 1. The second-order valence-electron chi connectivity index (χ2n) is 8.01. The summed E-state index contributed by atoms with van der Waals surface area (Å²) in [6, 6.07) is 11.2. The molecule has 0 saturated carbocycles. The Morgan fingerprint density at radius 3 is 2.59 bits per heavy atom. The summed E-state index contributed by atoms with van der Waals surface area (Å²) in [4.78, 5) is 12.3. The predicted octanol–water partition coefficient (Wildman–Crippen LogP) is 2.75. The van der Waals surface area contributed by atoms with Gasteiger partial charge in [-0.05, 0) is 32.4 Å². The average molecular weight is 515 g/mol. The maximum atomic E-state index is 5.52. The molecule has 2 atom stereocenters. The number of nitrogens with one attached hydrogen (secondary N) is 1. The SMILES string of the molecule is CCNC(=NCC(C)N1CCN(c2ccccc2)CC1)N(C)CC1CCOC1.I. The average Bonchev–Trinajstić information content (AvgIpc) is 3.24. The normalized spacial score (nSPS) is 21.6. The lowest BCUT2D eigenvalue weighted by atomic mass is 10.1. The van der Waals surface area contributed by atoms with Gasteiger partial charge in [-0.3, -0.25) is 9.89 Å². The number of aliphatic imine (C=N–C) groups is 1. The van der Waals surface area contributed by atoms with Gasteiger partial charge in [0.05, 0.1) is 13.2 Å². The van der Waals surface area contributed by atoms with Crippen LogP contribution < -0.4 is 10.2 Å². The maximum absolute atomic E-state index is 5.52. The van der Waals surface area contributed by atoms with Crippen molar-refractivity contribution in [3.05, 3.63) is 30.3 Å². The van der Waals surface area contributed by atoms with Crippen LogP contribution in [0.5, 0.6) is 0 Å². The van der Waals surface area contributed by atoms with Crippen LogP contribution in [0.4, 0.5) is 5.69 Å². The van der Waals surface area contributed by atoms with Gasteiger partial charge >= 0.3 is 0 Å². The molecule has 2 unspecified atom stereocenters. The lowest BCUT2D eigenvalue weighted by molar-refractivity contribution is 0.181. The Balaban J connectivity index is 0.00000300. The summed E-state index contributed by atoms with van der Waals surface area (Å²) in [7, 11) is 2.14. The zero-order valence-corrected chi connectivity index (χ0v) is 20.5. The van der Waals surface area contributed by atoms with Crippen molar-refractivity contribution in [2.24, 2.45) is 10.9 Å². The van der Waals surface area contributed by atoms with Gasteiger partial charge in [-0.1, -0.05) is 18.2 Å². The summed E-state index contributed by atoms with van der Waals surface area (Å²) < 4.78 is 5.52. The molecule has 2 aliphatic heterocycles. The number of hydrogen-bond donors (Lipinski definition) is 1.